The number of thiophene rings is 1. The lowest BCUT2D eigenvalue weighted by Gasteiger charge is -2.42. The number of fused-ring (bicyclic) bond motifs is 1. The molecule has 0 unspecified atom stereocenters. The van der Waals surface area contributed by atoms with Crippen molar-refractivity contribution in [3.8, 4) is 0 Å². The van der Waals surface area contributed by atoms with Gasteiger partial charge in [0, 0.05) is 21.9 Å². The number of hydrogen-bond donors (Lipinski definition) is 3. The Kier molecular flexibility index (Phi) is 4.71. The predicted molar refractivity (Wildman–Crippen MR) is 102 cm³/mol. The molecule has 5 nitrogen and oxygen atoms in total. The van der Waals surface area contributed by atoms with E-state index in [2.05, 4.69) is 38.3 Å². The van der Waals surface area contributed by atoms with Crippen LogP contribution >= 0.6 is 11.3 Å². The highest BCUT2D eigenvalue weighted by Crippen LogP contribution is 2.45. The number of primary amides is 1. The van der Waals surface area contributed by atoms with Gasteiger partial charge in [-0.05, 0) is 52.5 Å². The molecule has 6 heteroatoms. The van der Waals surface area contributed by atoms with Gasteiger partial charge in [-0.25, -0.2) is 0 Å². The van der Waals surface area contributed by atoms with Crippen LogP contribution in [0.4, 0.5) is 5.00 Å². The summed E-state index contributed by atoms with van der Waals surface area (Å²) in [6.45, 7) is 8.47. The van der Waals surface area contributed by atoms with Gasteiger partial charge in [0.25, 0.3) is 5.91 Å². The van der Waals surface area contributed by atoms with Gasteiger partial charge in [0.15, 0.2) is 0 Å². The Labute approximate surface area is 153 Å². The molecule has 0 aromatic carbocycles. The maximum Gasteiger partial charge on any atom is 0.251 e. The van der Waals surface area contributed by atoms with Crippen LogP contribution in [0.3, 0.4) is 0 Å². The summed E-state index contributed by atoms with van der Waals surface area (Å²) in [5.74, 6) is -0.369. The molecule has 1 aliphatic heterocycles. The van der Waals surface area contributed by atoms with Gasteiger partial charge in [-0.3, -0.25) is 9.59 Å². The van der Waals surface area contributed by atoms with Crippen molar-refractivity contribution >= 4 is 28.2 Å². The van der Waals surface area contributed by atoms with Crippen LogP contribution in [-0.4, -0.2) is 17.4 Å². The molecule has 0 atom stereocenters. The minimum atomic E-state index is -0.454. The van der Waals surface area contributed by atoms with Crippen molar-refractivity contribution in [1.29, 1.82) is 0 Å². The molecule has 1 aliphatic carbocycles. The molecule has 1 saturated carbocycles. The molecule has 0 radical (unpaired) electrons. The minimum absolute atomic E-state index is 0.0332. The van der Waals surface area contributed by atoms with Crippen LogP contribution in [0.25, 0.3) is 0 Å². The summed E-state index contributed by atoms with van der Waals surface area (Å²) >= 11 is 1.50. The van der Waals surface area contributed by atoms with E-state index in [1.54, 1.807) is 0 Å². The van der Waals surface area contributed by atoms with Crippen LogP contribution in [-0.2, 0) is 16.8 Å². The van der Waals surface area contributed by atoms with Crippen molar-refractivity contribution < 1.29 is 9.59 Å². The van der Waals surface area contributed by atoms with Crippen LogP contribution in [0.1, 0.15) is 80.6 Å². The summed E-state index contributed by atoms with van der Waals surface area (Å²) in [7, 11) is 0. The highest BCUT2D eigenvalue weighted by Gasteiger charge is 2.41. The number of amides is 2. The zero-order valence-electron chi connectivity index (χ0n) is 15.6. The number of nitrogens with two attached hydrogens (primary N) is 1. The Balaban J connectivity index is 1.96. The highest BCUT2D eigenvalue weighted by molar-refractivity contribution is 7.17. The van der Waals surface area contributed by atoms with Crippen molar-refractivity contribution in [1.82, 2.24) is 5.32 Å². The lowest BCUT2D eigenvalue weighted by atomic mass is 9.81. The van der Waals surface area contributed by atoms with E-state index in [4.69, 9.17) is 5.73 Å². The van der Waals surface area contributed by atoms with Crippen molar-refractivity contribution in [3.05, 3.63) is 16.0 Å². The second kappa shape index (κ2) is 6.40. The molecule has 0 bridgehead atoms. The third-order valence-electron chi connectivity index (χ3n) is 5.30. The molecule has 25 heavy (non-hydrogen) atoms. The first-order valence-electron chi connectivity index (χ1n) is 9.17. The van der Waals surface area contributed by atoms with Crippen LogP contribution in [0.5, 0.6) is 0 Å². The molecule has 138 valence electrons. The SMILES string of the molecule is CC1(C)Cc2c(sc(NC(=O)C3CCCCC3)c2C(N)=O)C(C)(C)N1. The molecule has 2 heterocycles. The van der Waals surface area contributed by atoms with Crippen LogP contribution in [0, 0.1) is 5.92 Å². The number of carbonyl (C=O) groups is 2. The van der Waals surface area contributed by atoms with Crippen LogP contribution in [0.2, 0.25) is 0 Å². The molecule has 2 aliphatic rings. The average Bonchev–Trinajstić information content (AvgIpc) is 2.85. The lowest BCUT2D eigenvalue weighted by molar-refractivity contribution is -0.120. The fraction of sp³-hybridized carbons (Fsp3) is 0.684. The standard InChI is InChI=1S/C19H29N3O2S/c1-18(2)10-12-13(15(20)23)17(25-14(12)19(3,4)22-18)21-16(24)11-8-6-5-7-9-11/h11,22H,5-10H2,1-4H3,(H2,20,23)(H,21,24). The van der Waals surface area contributed by atoms with E-state index in [9.17, 15) is 9.59 Å². The van der Waals surface area contributed by atoms with E-state index < -0.39 is 5.91 Å². The smallest absolute Gasteiger partial charge is 0.251 e. The molecule has 1 fully saturated rings. The van der Waals surface area contributed by atoms with Crippen LogP contribution in [0.15, 0.2) is 0 Å². The fourth-order valence-corrected chi connectivity index (χ4v) is 5.74. The molecular formula is C19H29N3O2S. The van der Waals surface area contributed by atoms with E-state index in [1.807, 2.05) is 0 Å². The summed E-state index contributed by atoms with van der Waals surface area (Å²) in [6, 6.07) is 0. The summed E-state index contributed by atoms with van der Waals surface area (Å²) in [5, 5.41) is 7.29. The zero-order chi connectivity index (χ0) is 18.4. The molecule has 1 aromatic heterocycles. The van der Waals surface area contributed by atoms with Crippen molar-refractivity contribution in [2.75, 3.05) is 5.32 Å². The van der Waals surface area contributed by atoms with Gasteiger partial charge in [-0.15, -0.1) is 11.3 Å². The third kappa shape index (κ3) is 3.60. The molecule has 2 amide bonds. The van der Waals surface area contributed by atoms with Gasteiger partial charge in [0.05, 0.1) is 5.56 Å². The molecular weight excluding hydrogens is 334 g/mol. The van der Waals surface area contributed by atoms with Gasteiger partial charge in [0.2, 0.25) is 5.91 Å². The fourth-order valence-electron chi connectivity index (χ4n) is 4.45. The number of rotatable bonds is 3. The van der Waals surface area contributed by atoms with Gasteiger partial charge in [0.1, 0.15) is 5.00 Å². The summed E-state index contributed by atoms with van der Waals surface area (Å²) in [4.78, 5) is 26.0. The average molecular weight is 364 g/mol. The Morgan fingerprint density at radius 3 is 2.40 bits per heavy atom. The van der Waals surface area contributed by atoms with E-state index in [1.165, 1.54) is 17.8 Å². The summed E-state index contributed by atoms with van der Waals surface area (Å²) in [6.07, 6.45) is 6.00. The number of nitrogens with one attached hydrogen (secondary N) is 2. The van der Waals surface area contributed by atoms with E-state index >= 15 is 0 Å². The minimum Gasteiger partial charge on any atom is -0.365 e. The Hall–Kier alpha value is -1.40. The first kappa shape index (κ1) is 18.4. The van der Waals surface area contributed by atoms with E-state index in [-0.39, 0.29) is 22.9 Å². The Morgan fingerprint density at radius 2 is 1.80 bits per heavy atom. The number of hydrogen-bond acceptors (Lipinski definition) is 4. The molecule has 0 spiro atoms. The van der Waals surface area contributed by atoms with Crippen molar-refractivity contribution in [2.24, 2.45) is 11.7 Å². The van der Waals surface area contributed by atoms with E-state index in [0.29, 0.717) is 10.6 Å². The maximum absolute atomic E-state index is 12.7. The van der Waals surface area contributed by atoms with Gasteiger partial charge in [-0.2, -0.15) is 0 Å². The monoisotopic (exact) mass is 363 g/mol. The summed E-state index contributed by atoms with van der Waals surface area (Å²) < 4.78 is 0. The lowest BCUT2D eigenvalue weighted by Crippen LogP contribution is -2.55. The normalized spacial score (nSPS) is 22.2. The largest absolute Gasteiger partial charge is 0.365 e. The number of carbonyl (C=O) groups excluding carboxylic acids is 2. The first-order valence-corrected chi connectivity index (χ1v) is 9.98. The second-order valence-corrected chi connectivity index (χ2v) is 9.63. The Morgan fingerprint density at radius 1 is 1.16 bits per heavy atom. The molecule has 4 N–H and O–H groups in total. The van der Waals surface area contributed by atoms with Gasteiger partial charge in [-0.1, -0.05) is 19.3 Å². The van der Waals surface area contributed by atoms with Crippen LogP contribution < -0.4 is 16.4 Å². The highest BCUT2D eigenvalue weighted by atomic mass is 32.1. The second-order valence-electron chi connectivity index (χ2n) is 8.61. The third-order valence-corrected chi connectivity index (χ3v) is 6.77. The topological polar surface area (TPSA) is 84.2 Å². The predicted octanol–water partition coefficient (Wildman–Crippen LogP) is 3.53. The van der Waals surface area contributed by atoms with Crippen molar-refractivity contribution in [2.45, 2.75) is 77.3 Å². The molecule has 1 aromatic rings. The molecule has 0 saturated heterocycles. The quantitative estimate of drug-likeness (QED) is 0.768. The van der Waals surface area contributed by atoms with Gasteiger partial charge < -0.3 is 16.4 Å². The zero-order valence-corrected chi connectivity index (χ0v) is 16.4. The summed E-state index contributed by atoms with van der Waals surface area (Å²) in [5.41, 5.74) is 6.81. The Bertz CT molecular complexity index is 700. The molecule has 3 rings (SSSR count). The maximum atomic E-state index is 12.7. The van der Waals surface area contributed by atoms with Crippen molar-refractivity contribution in [3.63, 3.8) is 0 Å². The number of anilines is 1. The van der Waals surface area contributed by atoms with E-state index in [0.717, 1.165) is 42.5 Å². The van der Waals surface area contributed by atoms with Gasteiger partial charge >= 0.3 is 0 Å². The first-order chi connectivity index (χ1) is 11.6.